The normalized spacial score (nSPS) is 30.9. The van der Waals surface area contributed by atoms with E-state index >= 15 is 0 Å². The van der Waals surface area contributed by atoms with Gasteiger partial charge in [-0.3, -0.25) is 0 Å². The topological polar surface area (TPSA) is 104 Å². The van der Waals surface area contributed by atoms with E-state index in [9.17, 15) is 0 Å². The van der Waals surface area contributed by atoms with Crippen molar-refractivity contribution in [2.45, 2.75) is 75.5 Å². The van der Waals surface area contributed by atoms with Crippen molar-refractivity contribution < 1.29 is 26.7 Å². The Morgan fingerprint density at radius 3 is 0.864 bits per heavy atom. The summed E-state index contributed by atoms with van der Waals surface area (Å²) in [5, 5.41) is 0. The van der Waals surface area contributed by atoms with Crippen LogP contribution in [0, 0.1) is 0 Å². The zero-order valence-electron chi connectivity index (χ0n) is 12.4. The first kappa shape index (κ1) is 27.4. The van der Waals surface area contributed by atoms with Gasteiger partial charge in [-0.1, -0.05) is 25.7 Å². The molecule has 0 aromatic heterocycles. The molecule has 0 aromatic carbocycles. The van der Waals surface area contributed by atoms with Gasteiger partial charge in [-0.15, -0.1) is 0 Å². The van der Waals surface area contributed by atoms with Crippen molar-refractivity contribution in [3.8, 4) is 0 Å². The molecule has 0 spiro atoms. The van der Waals surface area contributed by atoms with Crippen LogP contribution in [0.25, 0.3) is 0 Å². The van der Waals surface area contributed by atoms with Crippen molar-refractivity contribution in [1.82, 2.24) is 0 Å². The molecule has 0 bridgehead atoms. The molecule has 2 aliphatic rings. The summed E-state index contributed by atoms with van der Waals surface area (Å²) in [6.45, 7) is 0. The molecule has 10 heteroatoms. The Balaban J connectivity index is 0. The van der Waals surface area contributed by atoms with Gasteiger partial charge in [-0.05, 0) is 25.7 Å². The summed E-state index contributed by atoms with van der Waals surface area (Å²) in [6.07, 6.45) is 9.60. The van der Waals surface area contributed by atoms with Gasteiger partial charge >= 0.3 is 84.8 Å². The van der Waals surface area contributed by atoms with E-state index in [4.69, 9.17) is 42.0 Å². The third-order valence-electron chi connectivity index (χ3n) is 3.75. The Bertz CT molecular complexity index is 195. The second-order valence-electron chi connectivity index (χ2n) is 5.31. The first-order chi connectivity index (χ1) is 10.4. The maximum absolute atomic E-state index is 5.65. The number of halogens is 4. The van der Waals surface area contributed by atoms with Crippen molar-refractivity contribution >= 4 is 58.1 Å². The molecule has 2 rings (SSSR count). The maximum atomic E-state index is 5.65. The Hall–Kier alpha value is 3.20. The molecule has 2 aliphatic carbocycles. The van der Waals surface area contributed by atoms with Crippen LogP contribution in [0.1, 0.15) is 51.4 Å². The average molecular weight is 766 g/mol. The molecule has 0 aromatic rings. The van der Waals surface area contributed by atoms with Gasteiger partial charge in [-0.2, -0.15) is 0 Å². The third kappa shape index (κ3) is 18.0. The number of hydrogen-bond donors (Lipinski definition) is 4. The Labute approximate surface area is 180 Å². The molecule has 22 heavy (non-hydrogen) atoms. The number of rotatable bonds is 0. The van der Waals surface area contributed by atoms with Crippen molar-refractivity contribution in [3.05, 3.63) is 0 Å². The van der Waals surface area contributed by atoms with E-state index in [1.807, 2.05) is 0 Å². The van der Waals surface area contributed by atoms with Crippen LogP contribution in [0.2, 0.25) is 0 Å². The van der Waals surface area contributed by atoms with Crippen molar-refractivity contribution in [2.75, 3.05) is 0 Å². The van der Waals surface area contributed by atoms with Crippen LogP contribution in [-0.4, -0.2) is 24.2 Å². The summed E-state index contributed by atoms with van der Waals surface area (Å²) in [5.74, 6) is 0. The quantitative estimate of drug-likeness (QED) is 0.224. The van der Waals surface area contributed by atoms with E-state index < -0.39 is 0 Å². The number of nitrogens with two attached hydrogens (primary N) is 4. The fourth-order valence-corrected chi connectivity index (χ4v) is 2.38. The van der Waals surface area contributed by atoms with Gasteiger partial charge in [0.25, 0.3) is 0 Å². The fourth-order valence-electron chi connectivity index (χ4n) is 2.38. The van der Waals surface area contributed by atoms with Crippen molar-refractivity contribution in [2.24, 2.45) is 22.9 Å². The summed E-state index contributed by atoms with van der Waals surface area (Å²) >= 11 is 4.54. The predicted octanol–water partition coefficient (Wildman–Crippen LogP) is 3.58. The van der Waals surface area contributed by atoms with Gasteiger partial charge in [0, 0.05) is 24.2 Å². The summed E-state index contributed by atoms with van der Waals surface area (Å²) in [7, 11) is 10.5. The van der Waals surface area contributed by atoms with E-state index in [-0.39, 0.29) is 40.1 Å². The Kier molecular flexibility index (Phi) is 25.6. The second kappa shape index (κ2) is 20.5. The van der Waals surface area contributed by atoms with Gasteiger partial charge in [-0.25, -0.2) is 0 Å². The molecule has 144 valence electrons. The Morgan fingerprint density at radius 2 is 0.773 bits per heavy atom. The van der Waals surface area contributed by atoms with E-state index in [1.165, 1.54) is 25.7 Å². The molecule has 0 aliphatic heterocycles. The average Bonchev–Trinajstić information content (AvgIpc) is 2.48. The van der Waals surface area contributed by atoms with E-state index in [0.29, 0.717) is 0 Å². The van der Waals surface area contributed by atoms with Crippen molar-refractivity contribution in [3.63, 3.8) is 0 Å². The molecule has 0 saturated heterocycles. The predicted molar refractivity (Wildman–Crippen MR) is 109 cm³/mol. The monoisotopic (exact) mass is 764 g/mol. The van der Waals surface area contributed by atoms with Gasteiger partial charge in [0.15, 0.2) is 0 Å². The standard InChI is InChI=1S/2C6H14N2.2ClH.2HI.2Pd/c2*7-5-3-1-2-4-6(5)8;;;;;;/h2*5-6H,1-4,7-8H2;4*1H;;/q;;;;;;2*+2/p-4. The van der Waals surface area contributed by atoms with E-state index in [2.05, 4.69) is 39.0 Å². The molecule has 0 heterocycles. The van der Waals surface area contributed by atoms with Crippen LogP contribution in [0.5, 0.6) is 0 Å². The van der Waals surface area contributed by atoms with Gasteiger partial charge in [0.1, 0.15) is 0 Å². The molecule has 2 saturated carbocycles. The van der Waals surface area contributed by atoms with E-state index in [1.54, 1.807) is 0 Å². The molecule has 2 fully saturated rings. The van der Waals surface area contributed by atoms with Gasteiger partial charge in [0.05, 0.1) is 0 Å². The number of hydrogen-bond acceptors (Lipinski definition) is 4. The Morgan fingerprint density at radius 1 is 0.636 bits per heavy atom. The van der Waals surface area contributed by atoms with Crippen LogP contribution in [0.4, 0.5) is 0 Å². The third-order valence-corrected chi connectivity index (χ3v) is 3.75. The first-order valence-corrected chi connectivity index (χ1v) is 20.4. The SMILES string of the molecule is NC1CCCCC1N.NC1CCCCC1N.[Cl][Pd][Cl].[I][Pd][I]. The minimum atomic E-state index is -0.106. The van der Waals surface area contributed by atoms with Gasteiger partial charge < -0.3 is 22.9 Å². The minimum absolute atomic E-state index is 0.106. The molecule has 4 nitrogen and oxygen atoms in total. The first-order valence-electron chi connectivity index (χ1n) is 7.11. The summed E-state index contributed by atoms with van der Waals surface area (Å²) in [4.78, 5) is 0. The molecule has 4 unspecified atom stereocenters. The zero-order chi connectivity index (χ0) is 17.4. The molecular formula is C12H28Cl2I2N4Pd2. The van der Waals surface area contributed by atoms with Crippen LogP contribution in [0.15, 0.2) is 0 Å². The molecule has 8 N–H and O–H groups in total. The summed E-state index contributed by atoms with van der Waals surface area (Å²) in [6, 6.07) is 1.12. The van der Waals surface area contributed by atoms with Crippen LogP contribution in [-0.2, 0) is 26.7 Å². The van der Waals surface area contributed by atoms with Crippen LogP contribution >= 0.6 is 58.1 Å². The van der Waals surface area contributed by atoms with E-state index in [0.717, 1.165) is 36.4 Å². The summed E-state index contributed by atoms with van der Waals surface area (Å²) < 4.78 is 0. The second-order valence-corrected chi connectivity index (χ2v) is 19.7. The molecule has 0 radical (unpaired) electrons. The summed E-state index contributed by atoms with van der Waals surface area (Å²) in [5.41, 5.74) is 22.6. The zero-order valence-corrected chi connectivity index (χ0v) is 21.4. The van der Waals surface area contributed by atoms with Crippen LogP contribution in [0.3, 0.4) is 0 Å². The molecule has 4 atom stereocenters. The van der Waals surface area contributed by atoms with Crippen molar-refractivity contribution in [1.29, 1.82) is 0 Å². The van der Waals surface area contributed by atoms with Gasteiger partial charge in [0.2, 0.25) is 0 Å². The van der Waals surface area contributed by atoms with Crippen LogP contribution < -0.4 is 22.9 Å². The fraction of sp³-hybridized carbons (Fsp3) is 1.00. The molecular weight excluding hydrogens is 738 g/mol. The molecule has 0 amide bonds.